The van der Waals surface area contributed by atoms with E-state index < -0.39 is 19.8 Å². The van der Waals surface area contributed by atoms with Crippen LogP contribution in [-0.4, -0.2) is 26.6 Å². The van der Waals surface area contributed by atoms with Crippen molar-refractivity contribution in [1.82, 2.24) is 0 Å². The fourth-order valence-corrected chi connectivity index (χ4v) is 15.4. The first-order chi connectivity index (χ1) is 8.50. The lowest BCUT2D eigenvalue weighted by Gasteiger charge is -2.45. The van der Waals surface area contributed by atoms with Gasteiger partial charge in [-0.3, -0.25) is 0 Å². The Labute approximate surface area is 107 Å². The van der Waals surface area contributed by atoms with Gasteiger partial charge in [0, 0.05) is 0 Å². The van der Waals surface area contributed by atoms with Crippen molar-refractivity contribution in [3.8, 4) is 0 Å². The zero-order chi connectivity index (χ0) is 12.8. The van der Waals surface area contributed by atoms with Crippen LogP contribution in [0.1, 0.15) is 5.56 Å². The fraction of sp³-hybridized carbons (Fsp3) is 0.538. The van der Waals surface area contributed by atoms with Crippen LogP contribution in [-0.2, 0) is 6.18 Å². The van der Waals surface area contributed by atoms with E-state index in [-0.39, 0.29) is 0 Å². The van der Waals surface area contributed by atoms with Crippen molar-refractivity contribution in [2.24, 2.45) is 0 Å². The number of hydrogen-bond donors (Lipinski definition) is 0. The molecular weight excluding hydrogens is 272 g/mol. The minimum absolute atomic E-state index is 0.304. The van der Waals surface area contributed by atoms with Crippen LogP contribution in [0.3, 0.4) is 0 Å². The predicted molar refractivity (Wildman–Crippen MR) is 72.8 cm³/mol. The zero-order valence-electron chi connectivity index (χ0n) is 10.1. The van der Waals surface area contributed by atoms with E-state index in [1.54, 1.807) is 12.1 Å². The van der Waals surface area contributed by atoms with Gasteiger partial charge in [0.2, 0.25) is 0 Å². The molecule has 18 heavy (non-hydrogen) atoms. The highest BCUT2D eigenvalue weighted by Crippen LogP contribution is 2.53. The van der Waals surface area contributed by atoms with Crippen molar-refractivity contribution < 1.29 is 13.2 Å². The SMILES string of the molecule is FC(F)(F)c1ccc([Si]23CCP(CC2)CC3)cc1. The average Bonchev–Trinajstić information content (AvgIpc) is 2.40. The van der Waals surface area contributed by atoms with E-state index in [0.717, 1.165) is 0 Å². The molecule has 0 nitrogen and oxygen atoms in total. The summed E-state index contributed by atoms with van der Waals surface area (Å²) in [5.74, 6) is 0. The molecule has 1 aromatic carbocycles. The predicted octanol–water partition coefficient (Wildman–Crippen LogP) is 3.87. The van der Waals surface area contributed by atoms with Gasteiger partial charge in [-0.15, -0.1) is 7.92 Å². The molecule has 0 atom stereocenters. The number of halogens is 3. The first-order valence-corrected chi connectivity index (χ1v) is 10.9. The van der Waals surface area contributed by atoms with Crippen LogP contribution >= 0.6 is 7.92 Å². The van der Waals surface area contributed by atoms with Crippen molar-refractivity contribution in [2.45, 2.75) is 24.3 Å². The maximum absolute atomic E-state index is 12.6. The van der Waals surface area contributed by atoms with E-state index in [1.807, 2.05) is 0 Å². The first-order valence-electron chi connectivity index (χ1n) is 6.40. The number of fused-ring (bicyclic) bond motifs is 3. The maximum atomic E-state index is 12.6. The van der Waals surface area contributed by atoms with Crippen molar-refractivity contribution in [3.63, 3.8) is 0 Å². The van der Waals surface area contributed by atoms with Crippen LogP contribution in [0.25, 0.3) is 0 Å². The Hall–Kier alpha value is -0.343. The summed E-state index contributed by atoms with van der Waals surface area (Å²) in [6, 6.07) is 10.1. The molecule has 98 valence electrons. The molecule has 4 rings (SSSR count). The summed E-state index contributed by atoms with van der Waals surface area (Å²) in [5, 5.41) is 1.27. The van der Waals surface area contributed by atoms with Crippen LogP contribution in [0.4, 0.5) is 13.2 Å². The summed E-state index contributed by atoms with van der Waals surface area (Å²) in [6.07, 6.45) is -0.0705. The van der Waals surface area contributed by atoms with Crippen molar-refractivity contribution in [1.29, 1.82) is 0 Å². The molecule has 0 spiro atoms. The molecule has 3 heterocycles. The molecule has 2 bridgehead atoms. The molecule has 3 saturated heterocycles. The summed E-state index contributed by atoms with van der Waals surface area (Å²) in [7, 11) is -1.10. The molecule has 0 saturated carbocycles. The molecule has 0 radical (unpaired) electrons. The lowest BCUT2D eigenvalue weighted by atomic mass is 10.2. The summed E-state index contributed by atoms with van der Waals surface area (Å²) >= 11 is 0. The average molecular weight is 288 g/mol. The monoisotopic (exact) mass is 288 g/mol. The molecule has 0 aromatic heterocycles. The number of alkyl halides is 3. The minimum Gasteiger partial charge on any atom is -0.166 e. The molecule has 0 N–H and O–H groups in total. The summed E-state index contributed by atoms with van der Waals surface area (Å²) in [6.45, 7) is 0. The highest BCUT2D eigenvalue weighted by atomic mass is 31.1. The van der Waals surface area contributed by atoms with Gasteiger partial charge in [0.15, 0.2) is 0 Å². The molecule has 5 heteroatoms. The van der Waals surface area contributed by atoms with Crippen LogP contribution in [0, 0.1) is 0 Å². The van der Waals surface area contributed by atoms with Crippen LogP contribution in [0.15, 0.2) is 24.3 Å². The second kappa shape index (κ2) is 4.34. The highest BCUT2D eigenvalue weighted by molar-refractivity contribution is 7.59. The molecule has 1 aromatic rings. The Morgan fingerprint density at radius 2 is 1.39 bits per heavy atom. The zero-order valence-corrected chi connectivity index (χ0v) is 12.0. The van der Waals surface area contributed by atoms with E-state index in [0.29, 0.717) is 7.92 Å². The summed E-state index contributed by atoms with van der Waals surface area (Å²) in [4.78, 5) is 0. The first kappa shape index (κ1) is 12.7. The van der Waals surface area contributed by atoms with E-state index in [2.05, 4.69) is 0 Å². The number of benzene rings is 1. The third-order valence-corrected chi connectivity index (χ3v) is 13.6. The minimum atomic E-state index is -4.20. The maximum Gasteiger partial charge on any atom is 0.416 e. The van der Waals surface area contributed by atoms with Gasteiger partial charge in [-0.25, -0.2) is 0 Å². The van der Waals surface area contributed by atoms with Crippen LogP contribution < -0.4 is 5.19 Å². The number of rotatable bonds is 1. The Bertz CT molecular complexity index is 419. The van der Waals surface area contributed by atoms with Gasteiger partial charge in [-0.2, -0.15) is 13.2 Å². The topological polar surface area (TPSA) is 0 Å². The molecular formula is C13H16F3PSi. The smallest absolute Gasteiger partial charge is 0.166 e. The normalized spacial score (nSPS) is 31.6. The Balaban J connectivity index is 1.88. The van der Waals surface area contributed by atoms with Gasteiger partial charge in [0.25, 0.3) is 0 Å². The quantitative estimate of drug-likeness (QED) is 0.543. The highest BCUT2D eigenvalue weighted by Gasteiger charge is 2.43. The lowest BCUT2D eigenvalue weighted by molar-refractivity contribution is -0.137. The van der Waals surface area contributed by atoms with E-state index in [1.165, 1.54) is 53.9 Å². The third kappa shape index (κ3) is 2.14. The lowest BCUT2D eigenvalue weighted by Crippen LogP contribution is -2.53. The van der Waals surface area contributed by atoms with Crippen molar-refractivity contribution in [2.75, 3.05) is 18.5 Å². The van der Waals surface area contributed by atoms with Gasteiger partial charge in [0.1, 0.15) is 0 Å². The van der Waals surface area contributed by atoms with Crippen LogP contribution in [0.2, 0.25) is 18.1 Å². The Morgan fingerprint density at radius 1 is 0.889 bits per heavy atom. The van der Waals surface area contributed by atoms with Crippen molar-refractivity contribution >= 4 is 21.2 Å². The second-order valence-corrected chi connectivity index (χ2v) is 12.8. The van der Waals surface area contributed by atoms with E-state index in [4.69, 9.17) is 0 Å². The van der Waals surface area contributed by atoms with E-state index >= 15 is 0 Å². The Morgan fingerprint density at radius 3 is 1.83 bits per heavy atom. The molecule has 0 amide bonds. The summed E-state index contributed by atoms with van der Waals surface area (Å²) in [5.41, 5.74) is -0.509. The van der Waals surface area contributed by atoms with E-state index in [9.17, 15) is 13.2 Å². The molecule has 0 aliphatic carbocycles. The fourth-order valence-electron chi connectivity index (χ4n) is 3.27. The van der Waals surface area contributed by atoms with Gasteiger partial charge in [0.05, 0.1) is 13.6 Å². The molecule has 0 unspecified atom stereocenters. The van der Waals surface area contributed by atoms with Gasteiger partial charge < -0.3 is 0 Å². The van der Waals surface area contributed by atoms with Gasteiger partial charge >= 0.3 is 6.18 Å². The standard InChI is InChI=1S/C13H16F3PSi/c14-13(15,16)11-1-3-12(4-2-11)18-8-5-17(6-9-18)7-10-18/h1-4H,5-10H2. The molecule has 3 aliphatic heterocycles. The largest absolute Gasteiger partial charge is 0.416 e. The Kier molecular flexibility index (Phi) is 3.06. The second-order valence-electron chi connectivity index (χ2n) is 5.45. The number of hydrogen-bond acceptors (Lipinski definition) is 0. The molecule has 3 fully saturated rings. The van der Waals surface area contributed by atoms with Gasteiger partial charge in [-0.1, -0.05) is 29.5 Å². The third-order valence-electron chi connectivity index (χ3n) is 4.54. The summed E-state index contributed by atoms with van der Waals surface area (Å²) < 4.78 is 37.7. The van der Waals surface area contributed by atoms with Crippen molar-refractivity contribution in [3.05, 3.63) is 29.8 Å². The van der Waals surface area contributed by atoms with Gasteiger partial charge in [-0.05, 0) is 36.6 Å². The van der Waals surface area contributed by atoms with Crippen LogP contribution in [0.5, 0.6) is 0 Å². The molecule has 3 aliphatic rings.